The molecule has 1 saturated carbocycles. The van der Waals surface area contributed by atoms with E-state index in [0.29, 0.717) is 11.3 Å². The topological polar surface area (TPSA) is 51.2 Å². The molecule has 0 unspecified atom stereocenters. The molecule has 0 bridgehead atoms. The Morgan fingerprint density at radius 1 is 1.26 bits per heavy atom. The van der Waals surface area contributed by atoms with E-state index in [1.807, 2.05) is 43.3 Å². The molecule has 0 atom stereocenters. The van der Waals surface area contributed by atoms with Crippen molar-refractivity contribution in [3.8, 4) is 18.1 Å². The van der Waals surface area contributed by atoms with Gasteiger partial charge in [-0.25, -0.2) is 0 Å². The Hall–Kier alpha value is -3.32. The molecule has 0 radical (unpaired) electrons. The number of carbonyl (C=O) groups excluding carboxylic acids is 1. The monoisotopic (exact) mass is 356 g/mol. The van der Waals surface area contributed by atoms with E-state index in [4.69, 9.17) is 11.2 Å². The molecule has 1 N–H and O–H groups in total. The molecule has 0 spiro atoms. The SMILES string of the molecule is C#Cc1cc(C2(NC(=O)c3cc(OC)ccc3C)CC2)c2cccnc2c1. The first-order valence-electron chi connectivity index (χ1n) is 8.89. The van der Waals surface area contributed by atoms with Gasteiger partial charge >= 0.3 is 0 Å². The van der Waals surface area contributed by atoms with Crippen molar-refractivity contribution in [1.82, 2.24) is 10.3 Å². The van der Waals surface area contributed by atoms with Crippen LogP contribution in [0.3, 0.4) is 0 Å². The Morgan fingerprint density at radius 2 is 2.07 bits per heavy atom. The van der Waals surface area contributed by atoms with Crippen molar-refractivity contribution in [3.05, 3.63) is 70.9 Å². The van der Waals surface area contributed by atoms with Crippen LogP contribution in [0.2, 0.25) is 0 Å². The number of rotatable bonds is 4. The third kappa shape index (κ3) is 3.02. The van der Waals surface area contributed by atoms with Crippen LogP contribution in [0.1, 0.15) is 39.9 Å². The van der Waals surface area contributed by atoms with Crippen LogP contribution in [0.15, 0.2) is 48.7 Å². The van der Waals surface area contributed by atoms with E-state index in [9.17, 15) is 4.79 Å². The summed E-state index contributed by atoms with van der Waals surface area (Å²) in [6, 6.07) is 13.4. The molecular formula is C23H20N2O2. The summed E-state index contributed by atoms with van der Waals surface area (Å²) in [4.78, 5) is 17.5. The average molecular weight is 356 g/mol. The number of terminal acetylenes is 1. The number of aromatic nitrogens is 1. The zero-order valence-electron chi connectivity index (χ0n) is 15.4. The minimum absolute atomic E-state index is 0.105. The quantitative estimate of drug-likeness (QED) is 0.720. The second kappa shape index (κ2) is 6.44. The number of aryl methyl sites for hydroxylation is 1. The maximum Gasteiger partial charge on any atom is 0.252 e. The fourth-order valence-electron chi connectivity index (χ4n) is 3.51. The number of fused-ring (bicyclic) bond motifs is 1. The summed E-state index contributed by atoms with van der Waals surface area (Å²) in [6.45, 7) is 1.92. The molecule has 4 nitrogen and oxygen atoms in total. The Balaban J connectivity index is 1.75. The van der Waals surface area contributed by atoms with Crippen LogP contribution >= 0.6 is 0 Å². The molecule has 1 amide bonds. The molecule has 0 saturated heterocycles. The molecular weight excluding hydrogens is 336 g/mol. The highest BCUT2D eigenvalue weighted by Crippen LogP contribution is 2.48. The van der Waals surface area contributed by atoms with Crippen LogP contribution in [0.4, 0.5) is 0 Å². The predicted molar refractivity (Wildman–Crippen MR) is 106 cm³/mol. The van der Waals surface area contributed by atoms with Crippen molar-refractivity contribution < 1.29 is 9.53 Å². The van der Waals surface area contributed by atoms with Crippen molar-refractivity contribution in [2.75, 3.05) is 7.11 Å². The van der Waals surface area contributed by atoms with E-state index in [2.05, 4.69) is 16.2 Å². The van der Waals surface area contributed by atoms with Crippen molar-refractivity contribution >= 4 is 16.8 Å². The molecule has 1 aliphatic carbocycles. The summed E-state index contributed by atoms with van der Waals surface area (Å²) < 4.78 is 5.27. The van der Waals surface area contributed by atoms with E-state index in [1.165, 1.54) is 0 Å². The highest BCUT2D eigenvalue weighted by atomic mass is 16.5. The predicted octanol–water partition coefficient (Wildman–Crippen LogP) is 3.95. The summed E-state index contributed by atoms with van der Waals surface area (Å²) in [7, 11) is 1.60. The van der Waals surface area contributed by atoms with Crippen molar-refractivity contribution in [1.29, 1.82) is 0 Å². The summed E-state index contributed by atoms with van der Waals surface area (Å²) in [6.07, 6.45) is 9.14. The minimum Gasteiger partial charge on any atom is -0.497 e. The van der Waals surface area contributed by atoms with Gasteiger partial charge in [-0.2, -0.15) is 0 Å². The minimum atomic E-state index is -0.402. The number of pyridine rings is 1. The molecule has 4 rings (SSSR count). The molecule has 1 heterocycles. The van der Waals surface area contributed by atoms with E-state index in [-0.39, 0.29) is 5.91 Å². The van der Waals surface area contributed by atoms with Crippen LogP contribution < -0.4 is 10.1 Å². The van der Waals surface area contributed by atoms with Crippen LogP contribution in [-0.2, 0) is 5.54 Å². The van der Waals surface area contributed by atoms with Crippen LogP contribution in [0.25, 0.3) is 10.9 Å². The molecule has 0 aliphatic heterocycles. The van der Waals surface area contributed by atoms with Crippen LogP contribution in [0, 0.1) is 19.3 Å². The van der Waals surface area contributed by atoms with Gasteiger partial charge in [0.2, 0.25) is 0 Å². The van der Waals surface area contributed by atoms with Gasteiger partial charge in [-0.05, 0) is 61.2 Å². The number of nitrogens with zero attached hydrogens (tertiary/aromatic N) is 1. The second-order valence-electron chi connectivity index (χ2n) is 6.96. The standard InChI is InChI=1S/C23H20N2O2/c1-4-16-12-20(18-6-5-11-24-21(18)13-16)23(9-10-23)25-22(26)19-14-17(27-3)8-7-15(19)2/h1,5-8,11-14H,9-10H2,2-3H3,(H,25,26). The molecule has 1 fully saturated rings. The summed E-state index contributed by atoms with van der Waals surface area (Å²) in [5, 5.41) is 4.27. The number of amides is 1. The number of methoxy groups -OCH3 is 1. The lowest BCUT2D eigenvalue weighted by molar-refractivity contribution is 0.0930. The van der Waals surface area contributed by atoms with Gasteiger partial charge < -0.3 is 10.1 Å². The fourth-order valence-corrected chi connectivity index (χ4v) is 3.51. The van der Waals surface area contributed by atoms with Crippen molar-refractivity contribution in [3.63, 3.8) is 0 Å². The number of hydrogen-bond acceptors (Lipinski definition) is 3. The van der Waals surface area contributed by atoms with Gasteiger partial charge in [0.15, 0.2) is 0 Å². The molecule has 1 aromatic heterocycles. The van der Waals surface area contributed by atoms with E-state index in [1.54, 1.807) is 19.4 Å². The van der Waals surface area contributed by atoms with E-state index in [0.717, 1.165) is 40.4 Å². The highest BCUT2D eigenvalue weighted by molar-refractivity contribution is 5.97. The normalized spacial score (nSPS) is 14.4. The molecule has 4 heteroatoms. The second-order valence-corrected chi connectivity index (χ2v) is 6.96. The molecule has 2 aromatic carbocycles. The van der Waals surface area contributed by atoms with Gasteiger partial charge in [0.1, 0.15) is 5.75 Å². The Bertz CT molecular complexity index is 1090. The average Bonchev–Trinajstić information content (AvgIpc) is 3.47. The van der Waals surface area contributed by atoms with Crippen LogP contribution in [-0.4, -0.2) is 18.0 Å². The van der Waals surface area contributed by atoms with E-state index < -0.39 is 5.54 Å². The van der Waals surface area contributed by atoms with Gasteiger partial charge in [-0.15, -0.1) is 6.42 Å². The lowest BCUT2D eigenvalue weighted by Crippen LogP contribution is -2.35. The van der Waals surface area contributed by atoms with Crippen molar-refractivity contribution in [2.24, 2.45) is 0 Å². The Labute approximate surface area is 158 Å². The third-order valence-electron chi connectivity index (χ3n) is 5.20. The van der Waals surface area contributed by atoms with Gasteiger partial charge in [-0.3, -0.25) is 9.78 Å². The largest absolute Gasteiger partial charge is 0.497 e. The number of carbonyl (C=O) groups is 1. The number of hydrogen-bond donors (Lipinski definition) is 1. The smallest absolute Gasteiger partial charge is 0.252 e. The van der Waals surface area contributed by atoms with Gasteiger partial charge in [0, 0.05) is 22.7 Å². The third-order valence-corrected chi connectivity index (χ3v) is 5.20. The van der Waals surface area contributed by atoms with Gasteiger partial charge in [0.05, 0.1) is 18.2 Å². The molecule has 3 aromatic rings. The first-order chi connectivity index (χ1) is 13.1. The van der Waals surface area contributed by atoms with Gasteiger partial charge in [-0.1, -0.05) is 18.1 Å². The zero-order valence-corrected chi connectivity index (χ0v) is 15.4. The Kier molecular flexibility index (Phi) is 4.08. The summed E-state index contributed by atoms with van der Waals surface area (Å²) in [5.74, 6) is 3.26. The van der Waals surface area contributed by atoms with E-state index >= 15 is 0 Å². The maximum absolute atomic E-state index is 13.0. The number of nitrogens with one attached hydrogen (secondary N) is 1. The Morgan fingerprint density at radius 3 is 2.78 bits per heavy atom. The van der Waals surface area contributed by atoms with Crippen LogP contribution in [0.5, 0.6) is 5.75 Å². The fraction of sp³-hybridized carbons (Fsp3) is 0.217. The highest BCUT2D eigenvalue weighted by Gasteiger charge is 2.47. The zero-order chi connectivity index (χ0) is 19.0. The summed E-state index contributed by atoms with van der Waals surface area (Å²) in [5.41, 5.74) is 3.79. The van der Waals surface area contributed by atoms with Gasteiger partial charge in [0.25, 0.3) is 5.91 Å². The lowest BCUT2D eigenvalue weighted by Gasteiger charge is -2.21. The molecule has 1 aliphatic rings. The molecule has 134 valence electrons. The lowest BCUT2D eigenvalue weighted by atomic mass is 9.96. The van der Waals surface area contributed by atoms with Crippen molar-refractivity contribution in [2.45, 2.75) is 25.3 Å². The number of ether oxygens (including phenoxy) is 1. The first-order valence-corrected chi connectivity index (χ1v) is 8.89. The molecule has 27 heavy (non-hydrogen) atoms. The first kappa shape index (κ1) is 17.1. The summed E-state index contributed by atoms with van der Waals surface area (Å²) >= 11 is 0. The maximum atomic E-state index is 13.0. The number of benzene rings is 2.